The summed E-state index contributed by atoms with van der Waals surface area (Å²) in [7, 11) is 0. The lowest BCUT2D eigenvalue weighted by Crippen LogP contribution is -2.44. The summed E-state index contributed by atoms with van der Waals surface area (Å²) < 4.78 is 0. The summed E-state index contributed by atoms with van der Waals surface area (Å²) in [6.07, 6.45) is 2.30. The lowest BCUT2D eigenvalue weighted by atomic mass is 9.69. The van der Waals surface area contributed by atoms with E-state index in [4.69, 9.17) is 16.9 Å². The van der Waals surface area contributed by atoms with E-state index in [0.29, 0.717) is 24.4 Å². The molecule has 1 aromatic carbocycles. The first-order valence-electron chi connectivity index (χ1n) is 5.60. The van der Waals surface area contributed by atoms with Gasteiger partial charge in [0.15, 0.2) is 0 Å². The lowest BCUT2D eigenvalue weighted by molar-refractivity contribution is -0.131. The van der Waals surface area contributed by atoms with Gasteiger partial charge in [0.05, 0.1) is 6.07 Å². The summed E-state index contributed by atoms with van der Waals surface area (Å²) in [6, 6.07) is 9.45. The maximum Gasteiger partial charge on any atom is 0.240 e. The van der Waals surface area contributed by atoms with Gasteiger partial charge in [-0.15, -0.1) is 0 Å². The number of nitrogens with zero attached hydrogens (tertiary/aromatic N) is 1. The summed E-state index contributed by atoms with van der Waals surface area (Å²) in [6.45, 7) is 0.419. The molecule has 17 heavy (non-hydrogen) atoms. The summed E-state index contributed by atoms with van der Waals surface area (Å²) in [4.78, 5) is 11.9. The molecule has 1 aromatic rings. The third kappa shape index (κ3) is 2.42. The molecule has 0 aromatic heterocycles. The Bertz CT molecular complexity index is 475. The topological polar surface area (TPSA) is 52.9 Å². The molecule has 1 saturated carbocycles. The maximum atomic E-state index is 11.9. The summed E-state index contributed by atoms with van der Waals surface area (Å²) in [5.41, 5.74) is 0.164. The number of hydrogen-bond acceptors (Lipinski definition) is 2. The quantitative estimate of drug-likeness (QED) is 0.894. The van der Waals surface area contributed by atoms with Crippen molar-refractivity contribution in [1.29, 1.82) is 5.26 Å². The molecular formula is C13H13ClN2O. The van der Waals surface area contributed by atoms with Crippen LogP contribution in [-0.4, -0.2) is 5.91 Å². The van der Waals surface area contributed by atoms with E-state index in [-0.39, 0.29) is 5.91 Å². The monoisotopic (exact) mass is 248 g/mol. The molecule has 0 heterocycles. The number of benzene rings is 1. The molecular weight excluding hydrogens is 236 g/mol. The van der Waals surface area contributed by atoms with Crippen LogP contribution in [0.2, 0.25) is 5.02 Å². The van der Waals surface area contributed by atoms with E-state index < -0.39 is 5.41 Å². The highest BCUT2D eigenvalue weighted by atomic mass is 35.5. The fourth-order valence-electron chi connectivity index (χ4n) is 1.92. The van der Waals surface area contributed by atoms with Crippen molar-refractivity contribution in [2.24, 2.45) is 5.41 Å². The van der Waals surface area contributed by atoms with Crippen molar-refractivity contribution in [2.75, 3.05) is 0 Å². The Kier molecular flexibility index (Phi) is 3.35. The minimum atomic E-state index is -0.779. The Morgan fingerprint density at radius 3 is 2.82 bits per heavy atom. The van der Waals surface area contributed by atoms with Crippen molar-refractivity contribution < 1.29 is 4.79 Å². The Morgan fingerprint density at radius 1 is 1.53 bits per heavy atom. The number of halogens is 1. The van der Waals surface area contributed by atoms with Crippen LogP contribution in [0.5, 0.6) is 0 Å². The van der Waals surface area contributed by atoms with Crippen LogP contribution in [0.4, 0.5) is 0 Å². The number of rotatable bonds is 3. The van der Waals surface area contributed by atoms with Crippen LogP contribution in [0.3, 0.4) is 0 Å². The van der Waals surface area contributed by atoms with Gasteiger partial charge in [0.2, 0.25) is 5.91 Å². The number of hydrogen-bond donors (Lipinski definition) is 1. The molecule has 1 aliphatic rings. The zero-order valence-corrected chi connectivity index (χ0v) is 10.1. The highest BCUT2D eigenvalue weighted by Gasteiger charge is 2.44. The molecule has 1 amide bonds. The Morgan fingerprint density at radius 2 is 2.29 bits per heavy atom. The van der Waals surface area contributed by atoms with Gasteiger partial charge in [-0.05, 0) is 37.0 Å². The van der Waals surface area contributed by atoms with Crippen LogP contribution >= 0.6 is 11.6 Å². The highest BCUT2D eigenvalue weighted by Crippen LogP contribution is 2.40. The summed E-state index contributed by atoms with van der Waals surface area (Å²) in [5.74, 6) is -0.161. The van der Waals surface area contributed by atoms with Gasteiger partial charge in [-0.2, -0.15) is 5.26 Å². The molecule has 3 nitrogen and oxygen atoms in total. The second-order valence-electron chi connectivity index (χ2n) is 4.36. The minimum Gasteiger partial charge on any atom is -0.351 e. The van der Waals surface area contributed by atoms with Gasteiger partial charge in [0.25, 0.3) is 0 Å². The van der Waals surface area contributed by atoms with Crippen molar-refractivity contribution in [3.63, 3.8) is 0 Å². The second-order valence-corrected chi connectivity index (χ2v) is 4.80. The summed E-state index contributed by atoms with van der Waals surface area (Å²) in [5, 5.41) is 12.5. The van der Waals surface area contributed by atoms with E-state index >= 15 is 0 Å². The Labute approximate surface area is 105 Å². The molecule has 2 rings (SSSR count). The molecule has 0 saturated heterocycles. The van der Waals surface area contributed by atoms with Crippen molar-refractivity contribution >= 4 is 17.5 Å². The molecule has 0 radical (unpaired) electrons. The number of carbonyl (C=O) groups is 1. The van der Waals surface area contributed by atoms with E-state index in [1.165, 1.54) is 0 Å². The number of nitrogens with one attached hydrogen (secondary N) is 1. The molecule has 0 aliphatic heterocycles. The minimum absolute atomic E-state index is 0.161. The van der Waals surface area contributed by atoms with E-state index in [9.17, 15) is 4.79 Å². The fraction of sp³-hybridized carbons (Fsp3) is 0.385. The zero-order chi connectivity index (χ0) is 12.3. The van der Waals surface area contributed by atoms with Crippen molar-refractivity contribution in [1.82, 2.24) is 5.32 Å². The molecule has 1 N–H and O–H groups in total. The number of amides is 1. The third-order valence-electron chi connectivity index (χ3n) is 3.20. The lowest BCUT2D eigenvalue weighted by Gasteiger charge is -2.33. The van der Waals surface area contributed by atoms with Crippen LogP contribution < -0.4 is 5.32 Å². The summed E-state index contributed by atoms with van der Waals surface area (Å²) >= 11 is 5.85. The first-order chi connectivity index (χ1) is 8.16. The molecule has 1 fully saturated rings. The van der Waals surface area contributed by atoms with E-state index in [2.05, 4.69) is 11.4 Å². The molecule has 0 unspecified atom stereocenters. The molecule has 0 atom stereocenters. The SMILES string of the molecule is N#CC1(C(=O)NCc2cccc(Cl)c2)CCC1. The van der Waals surface area contributed by atoms with Gasteiger partial charge < -0.3 is 5.32 Å². The first kappa shape index (κ1) is 11.9. The zero-order valence-electron chi connectivity index (χ0n) is 9.37. The molecule has 0 spiro atoms. The molecule has 4 heteroatoms. The number of nitriles is 1. The standard InChI is InChI=1S/C13H13ClN2O/c14-11-4-1-3-10(7-11)8-16-12(17)13(9-15)5-2-6-13/h1,3-4,7H,2,5-6,8H2,(H,16,17). The largest absolute Gasteiger partial charge is 0.351 e. The predicted molar refractivity (Wildman–Crippen MR) is 65.2 cm³/mol. The van der Waals surface area contributed by atoms with Gasteiger partial charge in [-0.1, -0.05) is 23.7 Å². The highest BCUT2D eigenvalue weighted by molar-refractivity contribution is 6.30. The van der Waals surface area contributed by atoms with Gasteiger partial charge in [-0.3, -0.25) is 4.79 Å². The third-order valence-corrected chi connectivity index (χ3v) is 3.43. The molecule has 1 aliphatic carbocycles. The molecule has 88 valence electrons. The van der Waals surface area contributed by atoms with Crippen LogP contribution in [0.1, 0.15) is 24.8 Å². The first-order valence-corrected chi connectivity index (χ1v) is 5.98. The van der Waals surface area contributed by atoms with Gasteiger partial charge >= 0.3 is 0 Å². The van der Waals surface area contributed by atoms with Crippen molar-refractivity contribution in [3.8, 4) is 6.07 Å². The average molecular weight is 249 g/mol. The van der Waals surface area contributed by atoms with E-state index in [1.807, 2.05) is 18.2 Å². The van der Waals surface area contributed by atoms with Crippen LogP contribution in [0, 0.1) is 16.7 Å². The average Bonchev–Trinajstić information content (AvgIpc) is 2.26. The smallest absolute Gasteiger partial charge is 0.240 e. The predicted octanol–water partition coefficient (Wildman–Crippen LogP) is 2.65. The van der Waals surface area contributed by atoms with E-state index in [1.54, 1.807) is 6.07 Å². The Hall–Kier alpha value is -1.53. The van der Waals surface area contributed by atoms with Crippen molar-refractivity contribution in [2.45, 2.75) is 25.8 Å². The van der Waals surface area contributed by atoms with Crippen LogP contribution in [0.25, 0.3) is 0 Å². The van der Waals surface area contributed by atoms with Crippen LogP contribution in [-0.2, 0) is 11.3 Å². The normalized spacial score (nSPS) is 16.7. The fourth-order valence-corrected chi connectivity index (χ4v) is 2.13. The second kappa shape index (κ2) is 4.77. The Balaban J connectivity index is 1.95. The van der Waals surface area contributed by atoms with E-state index in [0.717, 1.165) is 12.0 Å². The van der Waals surface area contributed by atoms with Gasteiger partial charge in [-0.25, -0.2) is 0 Å². The van der Waals surface area contributed by atoms with Gasteiger partial charge in [0.1, 0.15) is 5.41 Å². The van der Waals surface area contributed by atoms with Gasteiger partial charge in [0, 0.05) is 11.6 Å². The van der Waals surface area contributed by atoms with Crippen molar-refractivity contribution in [3.05, 3.63) is 34.9 Å². The van der Waals surface area contributed by atoms with Crippen LogP contribution in [0.15, 0.2) is 24.3 Å². The maximum absolute atomic E-state index is 11.9. The number of carbonyl (C=O) groups excluding carboxylic acids is 1. The molecule has 0 bridgehead atoms.